The van der Waals surface area contributed by atoms with Gasteiger partial charge in [-0.1, -0.05) is 6.07 Å². The lowest BCUT2D eigenvalue weighted by atomic mass is 10.1. The van der Waals surface area contributed by atoms with E-state index in [9.17, 15) is 19.2 Å². The molecule has 0 radical (unpaired) electrons. The van der Waals surface area contributed by atoms with Crippen molar-refractivity contribution in [1.29, 1.82) is 0 Å². The highest BCUT2D eigenvalue weighted by molar-refractivity contribution is 6.01. The molecule has 0 spiro atoms. The monoisotopic (exact) mass is 595 g/mol. The zero-order valence-corrected chi connectivity index (χ0v) is 24.1. The summed E-state index contributed by atoms with van der Waals surface area (Å²) in [5.74, 6) is 0.152. The highest BCUT2D eigenvalue weighted by Gasteiger charge is 2.36. The smallest absolute Gasteiger partial charge is 0.343 e. The number of hydrogen-bond acceptors (Lipinski definition) is 9. The van der Waals surface area contributed by atoms with Gasteiger partial charge in [0.1, 0.15) is 28.7 Å². The molecule has 1 heterocycles. The number of methoxy groups -OCH3 is 2. The van der Waals surface area contributed by atoms with Gasteiger partial charge in [-0.05, 0) is 91.0 Å². The standard InChI is InChI=1S/C34H29NO9/c1-40-26-14-16-28(17-15-26)43-27-12-8-25(9-13-27)35-20-24(19-32(35)37)33(38)42-21-31(36)22-6-10-29(11-7-22)44-34(39)23-4-3-5-30(18-23)41-2/h3-18,24H,19-21H2,1-2H3/t24-/m0/s1. The molecule has 5 rings (SSSR count). The number of carbonyl (C=O) groups is 4. The van der Waals surface area contributed by atoms with Gasteiger partial charge in [0.15, 0.2) is 12.4 Å². The molecule has 44 heavy (non-hydrogen) atoms. The molecule has 1 atom stereocenters. The van der Waals surface area contributed by atoms with Gasteiger partial charge in [-0.2, -0.15) is 0 Å². The normalized spacial score (nSPS) is 14.1. The van der Waals surface area contributed by atoms with Crippen molar-refractivity contribution in [1.82, 2.24) is 0 Å². The molecular weight excluding hydrogens is 566 g/mol. The summed E-state index contributed by atoms with van der Waals surface area (Å²) in [5.41, 5.74) is 1.21. The highest BCUT2D eigenvalue weighted by atomic mass is 16.5. The van der Waals surface area contributed by atoms with Crippen molar-refractivity contribution in [2.75, 3.05) is 32.3 Å². The summed E-state index contributed by atoms with van der Waals surface area (Å²) in [6.07, 6.45) is -0.0233. The van der Waals surface area contributed by atoms with Crippen molar-refractivity contribution in [3.05, 3.63) is 108 Å². The summed E-state index contributed by atoms with van der Waals surface area (Å²) >= 11 is 0. The Hall–Kier alpha value is -5.64. The Morgan fingerprint density at radius 3 is 2.00 bits per heavy atom. The van der Waals surface area contributed by atoms with Gasteiger partial charge < -0.3 is 28.6 Å². The Morgan fingerprint density at radius 2 is 1.34 bits per heavy atom. The Labute approximate surface area is 253 Å². The third-order valence-electron chi connectivity index (χ3n) is 6.94. The Bertz CT molecular complexity index is 1650. The van der Waals surface area contributed by atoms with Crippen LogP contribution in [0.15, 0.2) is 97.1 Å². The fourth-order valence-corrected chi connectivity index (χ4v) is 4.55. The minimum Gasteiger partial charge on any atom is -0.497 e. The van der Waals surface area contributed by atoms with Crippen LogP contribution < -0.4 is 23.8 Å². The van der Waals surface area contributed by atoms with Crippen LogP contribution in [0.4, 0.5) is 5.69 Å². The van der Waals surface area contributed by atoms with Crippen molar-refractivity contribution < 1.29 is 42.9 Å². The molecule has 0 saturated carbocycles. The number of carbonyl (C=O) groups excluding carboxylic acids is 4. The van der Waals surface area contributed by atoms with E-state index in [4.69, 9.17) is 23.7 Å². The van der Waals surface area contributed by atoms with Gasteiger partial charge in [0.05, 0.1) is 25.7 Å². The lowest BCUT2D eigenvalue weighted by Crippen LogP contribution is -2.27. The fourth-order valence-electron chi connectivity index (χ4n) is 4.55. The number of hydrogen-bond donors (Lipinski definition) is 0. The fraction of sp³-hybridized carbons (Fsp3) is 0.176. The molecule has 0 bridgehead atoms. The van der Waals surface area contributed by atoms with E-state index in [1.807, 2.05) is 0 Å². The summed E-state index contributed by atoms with van der Waals surface area (Å²) in [4.78, 5) is 51.9. The van der Waals surface area contributed by atoms with Gasteiger partial charge in [0.25, 0.3) is 0 Å². The van der Waals surface area contributed by atoms with Crippen molar-refractivity contribution in [3.8, 4) is 28.7 Å². The number of ether oxygens (including phenoxy) is 5. The average molecular weight is 596 g/mol. The molecule has 4 aromatic carbocycles. The molecule has 1 aliphatic rings. The number of ketones is 1. The Morgan fingerprint density at radius 1 is 0.727 bits per heavy atom. The minimum atomic E-state index is -0.705. The number of anilines is 1. The first kappa shape index (κ1) is 29.8. The first-order valence-corrected chi connectivity index (χ1v) is 13.7. The van der Waals surface area contributed by atoms with Gasteiger partial charge in [0.2, 0.25) is 5.91 Å². The van der Waals surface area contributed by atoms with Gasteiger partial charge in [-0.25, -0.2) is 4.79 Å². The molecule has 10 nitrogen and oxygen atoms in total. The van der Waals surface area contributed by atoms with Crippen molar-refractivity contribution in [3.63, 3.8) is 0 Å². The molecule has 1 saturated heterocycles. The molecule has 0 aromatic heterocycles. The molecule has 1 fully saturated rings. The lowest BCUT2D eigenvalue weighted by molar-refractivity contribution is -0.147. The van der Waals surface area contributed by atoms with Crippen LogP contribution >= 0.6 is 0 Å². The van der Waals surface area contributed by atoms with Crippen LogP contribution in [-0.2, 0) is 14.3 Å². The second kappa shape index (κ2) is 13.6. The van der Waals surface area contributed by atoms with E-state index in [2.05, 4.69) is 0 Å². The summed E-state index contributed by atoms with van der Waals surface area (Å²) in [6.45, 7) is -0.345. The van der Waals surface area contributed by atoms with E-state index >= 15 is 0 Å². The summed E-state index contributed by atoms with van der Waals surface area (Å²) in [5, 5.41) is 0. The molecule has 0 N–H and O–H groups in total. The lowest BCUT2D eigenvalue weighted by Gasteiger charge is -2.17. The number of Topliss-reactive ketones (excluding diaryl/α,β-unsaturated/α-hetero) is 1. The van der Waals surface area contributed by atoms with Crippen molar-refractivity contribution in [2.24, 2.45) is 5.92 Å². The molecular formula is C34H29NO9. The van der Waals surface area contributed by atoms with Crippen molar-refractivity contribution in [2.45, 2.75) is 6.42 Å². The largest absolute Gasteiger partial charge is 0.497 e. The summed E-state index contributed by atoms with van der Waals surface area (Å²) in [7, 11) is 3.09. The Balaban J connectivity index is 1.10. The second-order valence-corrected chi connectivity index (χ2v) is 9.85. The first-order valence-electron chi connectivity index (χ1n) is 13.7. The van der Waals surface area contributed by atoms with Gasteiger partial charge in [-0.3, -0.25) is 14.4 Å². The minimum absolute atomic E-state index is 0.0233. The number of benzene rings is 4. The van der Waals surface area contributed by atoms with E-state index in [1.54, 1.807) is 79.9 Å². The molecule has 0 unspecified atom stereocenters. The maximum Gasteiger partial charge on any atom is 0.343 e. The zero-order chi connectivity index (χ0) is 31.1. The van der Waals surface area contributed by atoms with Crippen LogP contribution in [0.25, 0.3) is 0 Å². The Kier molecular flexibility index (Phi) is 9.19. The summed E-state index contributed by atoms with van der Waals surface area (Å²) < 4.78 is 26.7. The van der Waals surface area contributed by atoms with Crippen LogP contribution in [0, 0.1) is 5.92 Å². The third-order valence-corrected chi connectivity index (χ3v) is 6.94. The van der Waals surface area contributed by atoms with E-state index in [1.165, 1.54) is 36.3 Å². The van der Waals surface area contributed by atoms with Gasteiger partial charge in [-0.15, -0.1) is 0 Å². The van der Waals surface area contributed by atoms with Crippen LogP contribution in [0.1, 0.15) is 27.1 Å². The molecule has 1 aliphatic heterocycles. The molecule has 1 amide bonds. The van der Waals surface area contributed by atoms with Crippen molar-refractivity contribution >= 4 is 29.3 Å². The maximum absolute atomic E-state index is 12.7. The molecule has 4 aromatic rings. The predicted molar refractivity (Wildman–Crippen MR) is 160 cm³/mol. The quantitative estimate of drug-likeness (QED) is 0.126. The molecule has 10 heteroatoms. The highest BCUT2D eigenvalue weighted by Crippen LogP contribution is 2.30. The average Bonchev–Trinajstić information content (AvgIpc) is 3.46. The van der Waals surface area contributed by atoms with Crippen LogP contribution in [0.3, 0.4) is 0 Å². The second-order valence-electron chi connectivity index (χ2n) is 9.85. The molecule has 0 aliphatic carbocycles. The summed E-state index contributed by atoms with van der Waals surface area (Å²) in [6, 6.07) is 26.6. The van der Waals surface area contributed by atoms with Crippen LogP contribution in [0.2, 0.25) is 0 Å². The van der Waals surface area contributed by atoms with E-state index < -0.39 is 30.2 Å². The molecule has 224 valence electrons. The number of amides is 1. The van der Waals surface area contributed by atoms with Gasteiger partial charge >= 0.3 is 11.9 Å². The maximum atomic E-state index is 12.7. The topological polar surface area (TPSA) is 118 Å². The van der Waals surface area contributed by atoms with Crippen LogP contribution in [0.5, 0.6) is 28.7 Å². The van der Waals surface area contributed by atoms with Gasteiger partial charge in [0, 0.05) is 24.2 Å². The van der Waals surface area contributed by atoms with Crippen LogP contribution in [-0.4, -0.2) is 51.0 Å². The van der Waals surface area contributed by atoms with E-state index in [0.29, 0.717) is 28.5 Å². The number of esters is 2. The van der Waals surface area contributed by atoms with E-state index in [0.717, 1.165) is 5.75 Å². The first-order chi connectivity index (χ1) is 21.3. The number of rotatable bonds is 11. The SMILES string of the molecule is COc1ccc(Oc2ccc(N3C[C@@H](C(=O)OCC(=O)c4ccc(OC(=O)c5cccc(OC)c5)cc4)CC3=O)cc2)cc1. The predicted octanol–water partition coefficient (Wildman–Crippen LogP) is 5.49. The van der Waals surface area contributed by atoms with E-state index in [-0.39, 0.29) is 30.2 Å². The zero-order valence-electron chi connectivity index (χ0n) is 24.1. The third kappa shape index (κ3) is 7.22. The number of nitrogens with zero attached hydrogens (tertiary/aromatic N) is 1.